The molecule has 0 aliphatic rings. The number of ether oxygens (including phenoxy) is 1. The van der Waals surface area contributed by atoms with Crippen molar-refractivity contribution >= 4 is 35.6 Å². The minimum absolute atomic E-state index is 0.279. The molecule has 0 unspecified atom stereocenters. The van der Waals surface area contributed by atoms with Crippen LogP contribution in [0.2, 0.25) is 0 Å². The number of methoxy groups -OCH3 is 1. The fraction of sp³-hybridized carbons (Fsp3) is 0.455. The number of nitrogens with zero attached hydrogens (tertiary/aromatic N) is 4. The molecule has 1 aromatic heterocycles. The van der Waals surface area contributed by atoms with E-state index in [2.05, 4.69) is 21.5 Å². The van der Waals surface area contributed by atoms with E-state index in [1.807, 2.05) is 13.2 Å². The molecular weight excluding hydrogens is 284 g/mol. The SMILES string of the molecule is C=CCN(C(=O)OC)c1nc(SC)nc(SCC)n1. The quantitative estimate of drug-likeness (QED) is 0.590. The van der Waals surface area contributed by atoms with E-state index in [1.165, 1.54) is 35.5 Å². The normalized spacial score (nSPS) is 10.1. The lowest BCUT2D eigenvalue weighted by Gasteiger charge is -2.17. The van der Waals surface area contributed by atoms with Crippen LogP contribution in [0.3, 0.4) is 0 Å². The molecule has 19 heavy (non-hydrogen) atoms. The molecule has 0 aliphatic carbocycles. The predicted octanol–water partition coefficient (Wildman–Crippen LogP) is 2.46. The van der Waals surface area contributed by atoms with E-state index in [9.17, 15) is 4.79 Å². The largest absolute Gasteiger partial charge is 0.452 e. The topological polar surface area (TPSA) is 68.2 Å². The Morgan fingerprint density at radius 3 is 2.63 bits per heavy atom. The molecule has 0 fully saturated rings. The first-order chi connectivity index (χ1) is 9.15. The van der Waals surface area contributed by atoms with Crippen LogP contribution in [0, 0.1) is 0 Å². The van der Waals surface area contributed by atoms with Crippen molar-refractivity contribution in [3.8, 4) is 0 Å². The molecule has 0 atom stereocenters. The zero-order valence-corrected chi connectivity index (χ0v) is 12.8. The highest BCUT2D eigenvalue weighted by Crippen LogP contribution is 2.20. The summed E-state index contributed by atoms with van der Waals surface area (Å²) in [6.07, 6.45) is 2.94. The maximum absolute atomic E-state index is 11.7. The molecule has 1 amide bonds. The maximum atomic E-state index is 11.7. The molecule has 1 heterocycles. The van der Waals surface area contributed by atoms with Gasteiger partial charge in [0.25, 0.3) is 0 Å². The van der Waals surface area contributed by atoms with Gasteiger partial charge in [-0.05, 0) is 12.0 Å². The fourth-order valence-corrected chi connectivity index (χ4v) is 2.17. The first-order valence-corrected chi connectivity index (χ1v) is 7.76. The minimum Gasteiger partial charge on any atom is -0.452 e. The van der Waals surface area contributed by atoms with Crippen LogP contribution in [0.1, 0.15) is 6.92 Å². The fourth-order valence-electron chi connectivity index (χ4n) is 1.21. The summed E-state index contributed by atoms with van der Waals surface area (Å²) in [5, 5.41) is 1.16. The lowest BCUT2D eigenvalue weighted by molar-refractivity contribution is 0.179. The number of amides is 1. The van der Waals surface area contributed by atoms with Crippen LogP contribution in [0.15, 0.2) is 23.0 Å². The number of carbonyl (C=O) groups is 1. The van der Waals surface area contributed by atoms with Gasteiger partial charge in [-0.2, -0.15) is 15.0 Å². The summed E-state index contributed by atoms with van der Waals surface area (Å²) in [6, 6.07) is 0. The van der Waals surface area contributed by atoms with Crippen molar-refractivity contribution in [1.29, 1.82) is 0 Å². The van der Waals surface area contributed by atoms with Crippen LogP contribution in [-0.4, -0.2) is 46.7 Å². The summed E-state index contributed by atoms with van der Waals surface area (Å²) in [5.74, 6) is 1.12. The summed E-state index contributed by atoms with van der Waals surface area (Å²) in [6.45, 7) is 5.90. The Morgan fingerprint density at radius 1 is 1.42 bits per heavy atom. The van der Waals surface area contributed by atoms with E-state index in [0.29, 0.717) is 10.3 Å². The van der Waals surface area contributed by atoms with E-state index in [4.69, 9.17) is 4.74 Å². The van der Waals surface area contributed by atoms with Crippen molar-refractivity contribution < 1.29 is 9.53 Å². The number of aromatic nitrogens is 3. The summed E-state index contributed by atoms with van der Waals surface area (Å²) >= 11 is 2.89. The average Bonchev–Trinajstić information content (AvgIpc) is 2.43. The average molecular weight is 300 g/mol. The zero-order chi connectivity index (χ0) is 14.3. The number of thioether (sulfide) groups is 2. The van der Waals surface area contributed by atoms with E-state index >= 15 is 0 Å². The van der Waals surface area contributed by atoms with Crippen molar-refractivity contribution in [2.24, 2.45) is 0 Å². The Kier molecular flexibility index (Phi) is 6.65. The number of hydrogen-bond donors (Lipinski definition) is 0. The van der Waals surface area contributed by atoms with E-state index in [0.717, 1.165) is 5.75 Å². The van der Waals surface area contributed by atoms with Crippen LogP contribution >= 0.6 is 23.5 Å². The van der Waals surface area contributed by atoms with Gasteiger partial charge in [-0.3, -0.25) is 0 Å². The molecular formula is C11H16N4O2S2. The third-order valence-corrected chi connectivity index (χ3v) is 3.26. The van der Waals surface area contributed by atoms with E-state index in [-0.39, 0.29) is 12.5 Å². The lowest BCUT2D eigenvalue weighted by Crippen LogP contribution is -2.32. The van der Waals surface area contributed by atoms with Crippen LogP contribution < -0.4 is 4.90 Å². The number of anilines is 1. The smallest absolute Gasteiger partial charge is 0.416 e. The van der Waals surface area contributed by atoms with Gasteiger partial charge >= 0.3 is 6.09 Å². The van der Waals surface area contributed by atoms with Crippen LogP contribution in [0.4, 0.5) is 10.7 Å². The summed E-state index contributed by atoms with van der Waals surface area (Å²) < 4.78 is 4.72. The van der Waals surface area contributed by atoms with Gasteiger partial charge in [-0.25, -0.2) is 9.69 Å². The molecule has 0 spiro atoms. The molecule has 104 valence electrons. The van der Waals surface area contributed by atoms with E-state index < -0.39 is 6.09 Å². The molecule has 6 nitrogen and oxygen atoms in total. The molecule has 0 saturated carbocycles. The molecule has 1 aromatic rings. The van der Waals surface area contributed by atoms with Gasteiger partial charge in [0.1, 0.15) is 0 Å². The first-order valence-electron chi connectivity index (χ1n) is 5.55. The highest BCUT2D eigenvalue weighted by molar-refractivity contribution is 7.99. The predicted molar refractivity (Wildman–Crippen MR) is 78.0 cm³/mol. The van der Waals surface area contributed by atoms with Gasteiger partial charge in [0.2, 0.25) is 5.95 Å². The second-order valence-corrected chi connectivity index (χ2v) is 5.21. The molecule has 0 radical (unpaired) electrons. The second kappa shape index (κ2) is 8.00. The van der Waals surface area contributed by atoms with Gasteiger partial charge in [0, 0.05) is 0 Å². The second-order valence-electron chi connectivity index (χ2n) is 3.21. The van der Waals surface area contributed by atoms with Gasteiger partial charge in [0.05, 0.1) is 13.7 Å². The van der Waals surface area contributed by atoms with Gasteiger partial charge in [0.15, 0.2) is 10.3 Å². The van der Waals surface area contributed by atoms with Crippen LogP contribution in [0.25, 0.3) is 0 Å². The Bertz CT molecular complexity index is 456. The molecule has 0 aromatic carbocycles. The maximum Gasteiger partial charge on any atom is 0.416 e. The molecule has 0 saturated heterocycles. The monoisotopic (exact) mass is 300 g/mol. The minimum atomic E-state index is -0.523. The van der Waals surface area contributed by atoms with E-state index in [1.54, 1.807) is 6.08 Å². The number of rotatable bonds is 6. The highest BCUT2D eigenvalue weighted by atomic mass is 32.2. The summed E-state index contributed by atoms with van der Waals surface area (Å²) in [4.78, 5) is 25.8. The van der Waals surface area contributed by atoms with Crippen molar-refractivity contribution in [2.45, 2.75) is 17.2 Å². The van der Waals surface area contributed by atoms with Crippen LogP contribution in [0.5, 0.6) is 0 Å². The van der Waals surface area contributed by atoms with Crippen molar-refractivity contribution in [2.75, 3.05) is 30.6 Å². The zero-order valence-electron chi connectivity index (χ0n) is 11.1. The Labute approximate surface area is 121 Å². The van der Waals surface area contributed by atoms with Crippen molar-refractivity contribution in [3.63, 3.8) is 0 Å². The highest BCUT2D eigenvalue weighted by Gasteiger charge is 2.19. The molecule has 0 bridgehead atoms. The standard InChI is InChI=1S/C11H16N4O2S2/c1-5-7-15(11(16)17-3)8-12-9(18-4)14-10(13-8)19-6-2/h5H,1,6-7H2,2-4H3. The first kappa shape index (κ1) is 15.8. The number of hydrogen-bond acceptors (Lipinski definition) is 7. The van der Waals surface area contributed by atoms with Gasteiger partial charge < -0.3 is 4.74 Å². The van der Waals surface area contributed by atoms with Crippen molar-refractivity contribution in [3.05, 3.63) is 12.7 Å². The Hall–Kier alpha value is -1.28. The van der Waals surface area contributed by atoms with Gasteiger partial charge in [-0.15, -0.1) is 6.58 Å². The van der Waals surface area contributed by atoms with Gasteiger partial charge in [-0.1, -0.05) is 36.5 Å². The summed E-state index contributed by atoms with van der Waals surface area (Å²) in [5.41, 5.74) is 0. The van der Waals surface area contributed by atoms with Crippen LogP contribution in [-0.2, 0) is 4.74 Å². The lowest BCUT2D eigenvalue weighted by atomic mass is 10.5. The summed E-state index contributed by atoms with van der Waals surface area (Å²) in [7, 11) is 1.32. The molecule has 8 heteroatoms. The Balaban J connectivity index is 3.16. The Morgan fingerprint density at radius 2 is 2.11 bits per heavy atom. The number of carbonyl (C=O) groups excluding carboxylic acids is 1. The molecule has 1 rings (SSSR count). The third-order valence-electron chi connectivity index (χ3n) is 1.99. The third kappa shape index (κ3) is 4.39. The van der Waals surface area contributed by atoms with Crippen molar-refractivity contribution in [1.82, 2.24) is 15.0 Å². The molecule has 0 N–H and O–H groups in total. The molecule has 0 aliphatic heterocycles.